The van der Waals surface area contributed by atoms with Gasteiger partial charge in [0.1, 0.15) is 5.82 Å². The Morgan fingerprint density at radius 3 is 2.62 bits per heavy atom. The standard InChI is InChI=1S/C15H18ClFN2O2/c1-18-14(20)10-5-3-6-11(10)15(21)19-8-9-4-2-7-12(16)13(9)17/h2,4,7,10-11H,3,5-6,8H2,1H3,(H,18,20)(H,19,21)/t10-,11-/m1/s1. The Labute approximate surface area is 128 Å². The van der Waals surface area contributed by atoms with Gasteiger partial charge in [0.25, 0.3) is 0 Å². The van der Waals surface area contributed by atoms with E-state index in [4.69, 9.17) is 11.6 Å². The third-order valence-electron chi connectivity index (χ3n) is 3.92. The molecule has 0 aromatic heterocycles. The highest BCUT2D eigenvalue weighted by Crippen LogP contribution is 2.32. The second-order valence-electron chi connectivity index (χ2n) is 5.19. The van der Waals surface area contributed by atoms with Crippen molar-refractivity contribution in [2.45, 2.75) is 25.8 Å². The molecule has 1 aromatic carbocycles. The molecule has 0 radical (unpaired) electrons. The summed E-state index contributed by atoms with van der Waals surface area (Å²) in [4.78, 5) is 23.9. The lowest BCUT2D eigenvalue weighted by atomic mass is 9.94. The van der Waals surface area contributed by atoms with Crippen LogP contribution >= 0.6 is 11.6 Å². The summed E-state index contributed by atoms with van der Waals surface area (Å²) in [6.07, 6.45) is 2.24. The van der Waals surface area contributed by atoms with E-state index in [9.17, 15) is 14.0 Å². The maximum absolute atomic E-state index is 13.7. The monoisotopic (exact) mass is 312 g/mol. The molecule has 0 aliphatic heterocycles. The van der Waals surface area contributed by atoms with Crippen molar-refractivity contribution in [3.8, 4) is 0 Å². The lowest BCUT2D eigenvalue weighted by Crippen LogP contribution is -2.38. The lowest BCUT2D eigenvalue weighted by Gasteiger charge is -2.18. The number of carbonyl (C=O) groups excluding carboxylic acids is 2. The van der Waals surface area contributed by atoms with E-state index in [1.54, 1.807) is 19.2 Å². The second kappa shape index (κ2) is 6.89. The van der Waals surface area contributed by atoms with Gasteiger partial charge in [-0.15, -0.1) is 0 Å². The fourth-order valence-corrected chi connectivity index (χ4v) is 2.97. The van der Waals surface area contributed by atoms with Gasteiger partial charge in [-0.25, -0.2) is 4.39 Å². The summed E-state index contributed by atoms with van der Waals surface area (Å²) in [5.41, 5.74) is 0.338. The van der Waals surface area contributed by atoms with Crippen LogP contribution in [0.5, 0.6) is 0 Å². The zero-order valence-electron chi connectivity index (χ0n) is 11.8. The van der Waals surface area contributed by atoms with Gasteiger partial charge in [-0.05, 0) is 18.9 Å². The molecule has 114 valence electrons. The maximum atomic E-state index is 13.7. The van der Waals surface area contributed by atoms with Crippen LogP contribution in [0, 0.1) is 17.7 Å². The van der Waals surface area contributed by atoms with E-state index in [1.165, 1.54) is 6.07 Å². The SMILES string of the molecule is CNC(=O)[C@@H]1CCC[C@H]1C(=O)NCc1cccc(Cl)c1F. The minimum atomic E-state index is -0.520. The summed E-state index contributed by atoms with van der Waals surface area (Å²) < 4.78 is 13.7. The van der Waals surface area contributed by atoms with Crippen molar-refractivity contribution >= 4 is 23.4 Å². The Morgan fingerprint density at radius 2 is 1.95 bits per heavy atom. The minimum absolute atomic E-state index is 0.0332. The molecule has 1 aliphatic rings. The Hall–Kier alpha value is -1.62. The average molecular weight is 313 g/mol. The van der Waals surface area contributed by atoms with Gasteiger partial charge < -0.3 is 10.6 Å². The first kappa shape index (κ1) is 15.8. The Morgan fingerprint density at radius 1 is 1.29 bits per heavy atom. The van der Waals surface area contributed by atoms with Gasteiger partial charge >= 0.3 is 0 Å². The van der Waals surface area contributed by atoms with Crippen molar-refractivity contribution in [1.29, 1.82) is 0 Å². The van der Waals surface area contributed by atoms with Gasteiger partial charge in [0, 0.05) is 31.0 Å². The van der Waals surface area contributed by atoms with Gasteiger partial charge in [-0.1, -0.05) is 30.2 Å². The molecule has 2 N–H and O–H groups in total. The number of nitrogens with one attached hydrogen (secondary N) is 2. The molecule has 4 nitrogen and oxygen atoms in total. The van der Waals surface area contributed by atoms with E-state index in [0.29, 0.717) is 18.4 Å². The Balaban J connectivity index is 1.98. The van der Waals surface area contributed by atoms with Gasteiger partial charge in [-0.2, -0.15) is 0 Å². The highest BCUT2D eigenvalue weighted by molar-refractivity contribution is 6.30. The van der Waals surface area contributed by atoms with E-state index in [0.717, 1.165) is 6.42 Å². The molecule has 1 saturated carbocycles. The fraction of sp³-hybridized carbons (Fsp3) is 0.467. The molecule has 0 bridgehead atoms. The molecule has 21 heavy (non-hydrogen) atoms. The zero-order chi connectivity index (χ0) is 15.4. The molecule has 1 aromatic rings. The number of benzene rings is 1. The fourth-order valence-electron chi connectivity index (χ4n) is 2.77. The molecular formula is C15H18ClFN2O2. The normalized spacial score (nSPS) is 21.1. The number of carbonyl (C=O) groups is 2. The van der Waals surface area contributed by atoms with E-state index >= 15 is 0 Å². The van der Waals surface area contributed by atoms with E-state index in [1.807, 2.05) is 0 Å². The molecule has 1 fully saturated rings. The van der Waals surface area contributed by atoms with E-state index in [2.05, 4.69) is 10.6 Å². The van der Waals surface area contributed by atoms with Gasteiger partial charge in [0.05, 0.1) is 5.02 Å². The second-order valence-corrected chi connectivity index (χ2v) is 5.60. The van der Waals surface area contributed by atoms with Gasteiger partial charge in [0.2, 0.25) is 11.8 Å². The minimum Gasteiger partial charge on any atom is -0.359 e. The third-order valence-corrected chi connectivity index (χ3v) is 4.21. The van der Waals surface area contributed by atoms with Crippen molar-refractivity contribution in [2.24, 2.45) is 11.8 Å². The molecule has 6 heteroatoms. The van der Waals surface area contributed by atoms with Crippen LogP contribution in [-0.4, -0.2) is 18.9 Å². The average Bonchev–Trinajstić information content (AvgIpc) is 2.97. The predicted molar refractivity (Wildman–Crippen MR) is 78.2 cm³/mol. The van der Waals surface area contributed by atoms with Crippen molar-refractivity contribution in [3.05, 3.63) is 34.6 Å². The summed E-state index contributed by atoms with van der Waals surface area (Å²) in [6.45, 7) is 0.0716. The van der Waals surface area contributed by atoms with Crippen LogP contribution in [0.25, 0.3) is 0 Å². The van der Waals surface area contributed by atoms with E-state index in [-0.39, 0.29) is 35.2 Å². The number of amides is 2. The first-order valence-corrected chi connectivity index (χ1v) is 7.34. The summed E-state index contributed by atoms with van der Waals surface area (Å²) in [7, 11) is 1.57. The summed E-state index contributed by atoms with van der Waals surface area (Å²) in [5.74, 6) is -1.47. The molecular weight excluding hydrogens is 295 g/mol. The molecule has 0 saturated heterocycles. The molecule has 1 aliphatic carbocycles. The van der Waals surface area contributed by atoms with Crippen LogP contribution in [0.2, 0.25) is 5.02 Å². The molecule has 0 heterocycles. The third kappa shape index (κ3) is 3.53. The van der Waals surface area contributed by atoms with Gasteiger partial charge in [-0.3, -0.25) is 9.59 Å². The maximum Gasteiger partial charge on any atom is 0.224 e. The lowest BCUT2D eigenvalue weighted by molar-refractivity contribution is -0.133. The van der Waals surface area contributed by atoms with Crippen molar-refractivity contribution < 1.29 is 14.0 Å². The zero-order valence-corrected chi connectivity index (χ0v) is 12.5. The topological polar surface area (TPSA) is 58.2 Å². The number of halogens is 2. The Bertz CT molecular complexity index is 550. The van der Waals surface area contributed by atoms with Crippen LogP contribution in [0.4, 0.5) is 4.39 Å². The van der Waals surface area contributed by atoms with Crippen LogP contribution in [-0.2, 0) is 16.1 Å². The molecule has 0 unspecified atom stereocenters. The summed E-state index contributed by atoms with van der Waals surface area (Å²) in [6, 6.07) is 4.67. The predicted octanol–water partition coefficient (Wildman–Crippen LogP) is 2.26. The Kier molecular flexibility index (Phi) is 5.17. The first-order chi connectivity index (χ1) is 10.0. The van der Waals surface area contributed by atoms with Crippen molar-refractivity contribution in [2.75, 3.05) is 7.05 Å². The van der Waals surface area contributed by atoms with Crippen LogP contribution < -0.4 is 10.6 Å². The van der Waals surface area contributed by atoms with Gasteiger partial charge in [0.15, 0.2) is 0 Å². The van der Waals surface area contributed by atoms with Crippen LogP contribution in [0.15, 0.2) is 18.2 Å². The number of hydrogen-bond donors (Lipinski definition) is 2. The van der Waals surface area contributed by atoms with E-state index < -0.39 is 5.82 Å². The van der Waals surface area contributed by atoms with Crippen LogP contribution in [0.1, 0.15) is 24.8 Å². The summed E-state index contributed by atoms with van der Waals surface area (Å²) in [5, 5.41) is 5.32. The highest BCUT2D eigenvalue weighted by atomic mass is 35.5. The van der Waals surface area contributed by atoms with Crippen molar-refractivity contribution in [3.63, 3.8) is 0 Å². The summed E-state index contributed by atoms with van der Waals surface area (Å²) >= 11 is 5.70. The molecule has 0 spiro atoms. The highest BCUT2D eigenvalue weighted by Gasteiger charge is 2.37. The number of hydrogen-bond acceptors (Lipinski definition) is 2. The smallest absolute Gasteiger partial charge is 0.224 e. The molecule has 2 atom stereocenters. The quantitative estimate of drug-likeness (QED) is 0.896. The van der Waals surface area contributed by atoms with Crippen molar-refractivity contribution in [1.82, 2.24) is 10.6 Å². The van der Waals surface area contributed by atoms with Crippen LogP contribution in [0.3, 0.4) is 0 Å². The largest absolute Gasteiger partial charge is 0.359 e. The first-order valence-electron chi connectivity index (χ1n) is 6.96. The molecule has 2 amide bonds. The number of rotatable bonds is 4. The molecule has 2 rings (SSSR count).